The molecule has 0 fully saturated rings. The fourth-order valence-electron chi connectivity index (χ4n) is 1.05. The van der Waals surface area contributed by atoms with Crippen molar-refractivity contribution in [3.8, 4) is 0 Å². The Morgan fingerprint density at radius 3 is 2.60 bits per heavy atom. The maximum atomic E-state index is 13.2. The third kappa shape index (κ3) is 2.53. The molecule has 0 saturated carbocycles. The van der Waals surface area contributed by atoms with Crippen molar-refractivity contribution >= 4 is 15.7 Å². The summed E-state index contributed by atoms with van der Waals surface area (Å²) in [6.07, 6.45) is 1.09. The van der Waals surface area contributed by atoms with E-state index in [-0.39, 0.29) is 10.5 Å². The highest BCUT2D eigenvalue weighted by atomic mass is 32.2. The largest absolute Gasteiger partial charge is 0.465 e. The quantitative estimate of drug-likeness (QED) is 0.787. The average molecular weight is 231 g/mol. The molecule has 0 saturated heterocycles. The second kappa shape index (κ2) is 3.98. The summed E-state index contributed by atoms with van der Waals surface area (Å²) in [4.78, 5) is 10.8. The summed E-state index contributed by atoms with van der Waals surface area (Å²) in [6.45, 7) is 0. The maximum Gasteiger partial charge on any atom is 0.337 e. The Morgan fingerprint density at radius 2 is 2.13 bits per heavy atom. The lowest BCUT2D eigenvalue weighted by Crippen LogP contribution is -2.05. The second-order valence-electron chi connectivity index (χ2n) is 2.98. The number of carbonyl (C=O) groups excluding carboxylic acids is 1. The zero-order valence-electron chi connectivity index (χ0n) is 8.24. The highest BCUT2D eigenvalue weighted by molar-refractivity contribution is 7.91. The highest BCUT2D eigenvalue weighted by Gasteiger charge is 2.14. The van der Waals surface area contributed by atoms with Crippen molar-refractivity contribution in [2.24, 2.45) is 0 Å². The van der Waals surface area contributed by atoms with Gasteiger partial charge in [-0.15, -0.1) is 0 Å². The predicted molar refractivity (Wildman–Crippen MR) is 52.8 cm³/mol. The fourth-order valence-corrected chi connectivity index (χ4v) is 1.84. The van der Waals surface area contributed by atoms with E-state index in [0.29, 0.717) is 0 Å². The third-order valence-electron chi connectivity index (χ3n) is 1.77. The summed E-state index contributed by atoms with van der Waals surface area (Å²) in [7, 11) is -1.99. The van der Waals surface area contributed by atoms with E-state index in [1.807, 2.05) is 0 Å². The molecule has 1 unspecified atom stereocenters. The Labute approximate surface area is 87.0 Å². The number of esters is 1. The maximum absolute atomic E-state index is 13.2. The normalized spacial score (nSPS) is 14.3. The number of carbonyl (C=O) groups is 1. The van der Waals surface area contributed by atoms with Gasteiger partial charge in [0.2, 0.25) is 0 Å². The van der Waals surface area contributed by atoms with Crippen LogP contribution in [-0.4, -0.2) is 23.5 Å². The van der Waals surface area contributed by atoms with Gasteiger partial charge in [-0.3, -0.25) is 0 Å². The standard InChI is InChI=1S/C9H10FNO3S/c1-14-9(12)6-3-4-7(10)8(5-6)15(2,11)13/h3-5,11H,1-2H3. The summed E-state index contributed by atoms with van der Waals surface area (Å²) in [5.41, 5.74) is 0.0794. The molecular weight excluding hydrogens is 221 g/mol. The topological polar surface area (TPSA) is 67.2 Å². The Morgan fingerprint density at radius 1 is 1.53 bits per heavy atom. The number of halogens is 1. The summed E-state index contributed by atoms with van der Waals surface area (Å²) < 4.78 is 36.2. The van der Waals surface area contributed by atoms with E-state index < -0.39 is 21.5 Å². The van der Waals surface area contributed by atoms with Crippen LogP contribution in [0.2, 0.25) is 0 Å². The van der Waals surface area contributed by atoms with Gasteiger partial charge in [0, 0.05) is 6.26 Å². The van der Waals surface area contributed by atoms with E-state index >= 15 is 0 Å². The average Bonchev–Trinajstić information content (AvgIpc) is 2.15. The van der Waals surface area contributed by atoms with Gasteiger partial charge in [0.25, 0.3) is 0 Å². The number of hydrogen-bond donors (Lipinski definition) is 1. The molecule has 1 N–H and O–H groups in total. The van der Waals surface area contributed by atoms with Crippen molar-refractivity contribution in [3.05, 3.63) is 29.6 Å². The van der Waals surface area contributed by atoms with Crippen molar-refractivity contribution in [2.45, 2.75) is 4.90 Å². The number of ether oxygens (including phenoxy) is 1. The number of methoxy groups -OCH3 is 1. The number of rotatable bonds is 2. The van der Waals surface area contributed by atoms with Crippen LogP contribution in [0.15, 0.2) is 23.1 Å². The van der Waals surface area contributed by atoms with Crippen LogP contribution in [0.4, 0.5) is 4.39 Å². The van der Waals surface area contributed by atoms with Crippen molar-refractivity contribution in [1.29, 1.82) is 4.78 Å². The summed E-state index contributed by atoms with van der Waals surface area (Å²) >= 11 is 0. The molecule has 0 aromatic heterocycles. The smallest absolute Gasteiger partial charge is 0.337 e. The first-order valence-electron chi connectivity index (χ1n) is 3.98. The van der Waals surface area contributed by atoms with Gasteiger partial charge in [0.1, 0.15) is 5.82 Å². The van der Waals surface area contributed by atoms with Crippen LogP contribution in [0.3, 0.4) is 0 Å². The molecule has 4 nitrogen and oxygen atoms in total. The SMILES string of the molecule is COC(=O)c1ccc(F)c(S(C)(=N)=O)c1. The fraction of sp³-hybridized carbons (Fsp3) is 0.222. The third-order valence-corrected chi connectivity index (χ3v) is 2.92. The highest BCUT2D eigenvalue weighted by Crippen LogP contribution is 2.17. The lowest BCUT2D eigenvalue weighted by Gasteiger charge is -2.05. The monoisotopic (exact) mass is 231 g/mol. The van der Waals surface area contributed by atoms with Gasteiger partial charge in [-0.25, -0.2) is 18.2 Å². The van der Waals surface area contributed by atoms with Gasteiger partial charge in [-0.1, -0.05) is 0 Å². The zero-order chi connectivity index (χ0) is 11.6. The molecule has 1 rings (SSSR count). The van der Waals surface area contributed by atoms with E-state index in [1.165, 1.54) is 13.2 Å². The molecule has 0 bridgehead atoms. The van der Waals surface area contributed by atoms with Gasteiger partial charge in [0.05, 0.1) is 27.3 Å². The first kappa shape index (κ1) is 11.6. The molecule has 82 valence electrons. The molecule has 1 aromatic carbocycles. The molecule has 0 aliphatic carbocycles. The van der Waals surface area contributed by atoms with Crippen LogP contribution in [-0.2, 0) is 14.5 Å². The summed E-state index contributed by atoms with van der Waals surface area (Å²) in [5, 5.41) is 0. The molecule has 6 heteroatoms. The van der Waals surface area contributed by atoms with Crippen molar-refractivity contribution in [3.63, 3.8) is 0 Å². The molecule has 0 spiro atoms. The minimum absolute atomic E-state index is 0.0794. The van der Waals surface area contributed by atoms with Crippen LogP contribution in [0.25, 0.3) is 0 Å². The minimum Gasteiger partial charge on any atom is -0.465 e. The van der Waals surface area contributed by atoms with E-state index in [4.69, 9.17) is 4.78 Å². The van der Waals surface area contributed by atoms with Crippen LogP contribution < -0.4 is 0 Å². The zero-order valence-corrected chi connectivity index (χ0v) is 9.06. The molecule has 15 heavy (non-hydrogen) atoms. The van der Waals surface area contributed by atoms with E-state index in [2.05, 4.69) is 4.74 Å². The van der Waals surface area contributed by atoms with Gasteiger partial charge in [0.15, 0.2) is 0 Å². The first-order valence-corrected chi connectivity index (χ1v) is 5.94. The van der Waals surface area contributed by atoms with E-state index in [0.717, 1.165) is 18.4 Å². The lowest BCUT2D eigenvalue weighted by molar-refractivity contribution is 0.0600. The van der Waals surface area contributed by atoms with Gasteiger partial charge < -0.3 is 4.74 Å². The number of nitrogens with one attached hydrogen (secondary N) is 1. The Bertz CT molecular complexity index is 496. The molecule has 0 aliphatic rings. The minimum atomic E-state index is -3.18. The van der Waals surface area contributed by atoms with Crippen LogP contribution in [0, 0.1) is 10.6 Å². The van der Waals surface area contributed by atoms with Gasteiger partial charge >= 0.3 is 5.97 Å². The summed E-state index contributed by atoms with van der Waals surface area (Å²) in [5.74, 6) is -1.41. The molecule has 0 radical (unpaired) electrons. The predicted octanol–water partition coefficient (Wildman–Crippen LogP) is 1.65. The number of benzene rings is 1. The Hall–Kier alpha value is -1.43. The van der Waals surface area contributed by atoms with Crippen LogP contribution in [0.5, 0.6) is 0 Å². The molecule has 0 aliphatic heterocycles. The van der Waals surface area contributed by atoms with Crippen molar-refractivity contribution < 1.29 is 18.1 Å². The van der Waals surface area contributed by atoms with Crippen molar-refractivity contribution in [2.75, 3.05) is 13.4 Å². The first-order chi connectivity index (χ1) is 6.86. The van der Waals surface area contributed by atoms with Gasteiger partial charge in [-0.05, 0) is 18.2 Å². The van der Waals surface area contributed by atoms with Crippen LogP contribution in [0.1, 0.15) is 10.4 Å². The second-order valence-corrected chi connectivity index (χ2v) is 5.11. The molecule has 1 aromatic rings. The van der Waals surface area contributed by atoms with Gasteiger partial charge in [-0.2, -0.15) is 0 Å². The molecule has 0 heterocycles. The van der Waals surface area contributed by atoms with E-state index in [1.54, 1.807) is 0 Å². The Kier molecular flexibility index (Phi) is 3.09. The Balaban J connectivity index is 3.36. The molecule has 0 amide bonds. The summed E-state index contributed by atoms with van der Waals surface area (Å²) in [6, 6.07) is 3.30. The molecular formula is C9H10FNO3S. The lowest BCUT2D eigenvalue weighted by atomic mass is 10.2. The van der Waals surface area contributed by atoms with Crippen LogP contribution >= 0.6 is 0 Å². The number of hydrogen-bond acceptors (Lipinski definition) is 4. The van der Waals surface area contributed by atoms with E-state index in [9.17, 15) is 13.4 Å². The molecule has 1 atom stereocenters. The van der Waals surface area contributed by atoms with Crippen molar-refractivity contribution in [1.82, 2.24) is 0 Å².